The molecule has 2 N–H and O–H groups in total. The second-order valence-corrected chi connectivity index (χ2v) is 4.88. The number of nitrogens with zero attached hydrogens (tertiary/aromatic N) is 5. The van der Waals surface area contributed by atoms with Gasteiger partial charge in [-0.3, -0.25) is 0 Å². The minimum absolute atomic E-state index is 0.0340. The van der Waals surface area contributed by atoms with Gasteiger partial charge in [0.2, 0.25) is 11.9 Å². The van der Waals surface area contributed by atoms with E-state index in [4.69, 9.17) is 0 Å². The van der Waals surface area contributed by atoms with E-state index in [-0.39, 0.29) is 5.54 Å². The van der Waals surface area contributed by atoms with E-state index in [2.05, 4.69) is 51.5 Å². The molecule has 0 saturated heterocycles. The zero-order valence-corrected chi connectivity index (χ0v) is 12.4. The van der Waals surface area contributed by atoms with Crippen LogP contribution in [0.2, 0.25) is 0 Å². The van der Waals surface area contributed by atoms with Gasteiger partial charge in [-0.25, -0.2) is 4.68 Å². The lowest BCUT2D eigenvalue weighted by atomic mass is 9.96. The summed E-state index contributed by atoms with van der Waals surface area (Å²) in [7, 11) is 1.78. The molecule has 0 unspecified atom stereocenters. The minimum Gasteiger partial charge on any atom is -0.357 e. The van der Waals surface area contributed by atoms with Crippen LogP contribution < -0.4 is 10.6 Å². The zero-order chi connectivity index (χ0) is 14.6. The van der Waals surface area contributed by atoms with Crippen molar-refractivity contribution in [3.63, 3.8) is 0 Å². The fourth-order valence-electron chi connectivity index (χ4n) is 1.72. The summed E-state index contributed by atoms with van der Waals surface area (Å²) < 4.78 is 1.61. The topological polar surface area (TPSA) is 80.5 Å². The lowest BCUT2D eigenvalue weighted by Gasteiger charge is -2.28. The van der Waals surface area contributed by atoms with Crippen molar-refractivity contribution in [2.45, 2.75) is 39.2 Å². The van der Waals surface area contributed by atoms with Gasteiger partial charge < -0.3 is 10.6 Å². The van der Waals surface area contributed by atoms with Crippen LogP contribution >= 0.6 is 0 Å². The Bertz CT molecular complexity index is 546. The molecule has 20 heavy (non-hydrogen) atoms. The molecule has 108 valence electrons. The Morgan fingerprint density at radius 3 is 2.40 bits per heavy atom. The normalized spacial score (nSPS) is 11.4. The van der Waals surface area contributed by atoms with Crippen LogP contribution in [0.15, 0.2) is 18.5 Å². The van der Waals surface area contributed by atoms with E-state index < -0.39 is 0 Å². The molecule has 0 aliphatic heterocycles. The molecule has 0 aromatic carbocycles. The van der Waals surface area contributed by atoms with Gasteiger partial charge >= 0.3 is 0 Å². The van der Waals surface area contributed by atoms with Crippen LogP contribution in [0, 0.1) is 0 Å². The van der Waals surface area contributed by atoms with E-state index in [0.29, 0.717) is 17.8 Å². The molecule has 2 aromatic rings. The summed E-state index contributed by atoms with van der Waals surface area (Å²) >= 11 is 0. The van der Waals surface area contributed by atoms with Crippen molar-refractivity contribution in [2.24, 2.45) is 0 Å². The van der Waals surface area contributed by atoms with Crippen LogP contribution in [0.3, 0.4) is 0 Å². The highest BCUT2D eigenvalue weighted by Gasteiger charge is 2.21. The fourth-order valence-corrected chi connectivity index (χ4v) is 1.72. The fraction of sp³-hybridized carbons (Fsp3) is 0.538. The van der Waals surface area contributed by atoms with E-state index in [0.717, 1.165) is 12.8 Å². The average Bonchev–Trinajstić information content (AvgIpc) is 3.01. The van der Waals surface area contributed by atoms with Gasteiger partial charge in [0.05, 0.1) is 0 Å². The van der Waals surface area contributed by atoms with Crippen LogP contribution in [-0.4, -0.2) is 37.3 Å². The number of rotatable bonds is 6. The summed E-state index contributed by atoms with van der Waals surface area (Å²) in [5.74, 6) is 1.56. The van der Waals surface area contributed by atoms with Gasteiger partial charge in [-0.1, -0.05) is 13.8 Å². The van der Waals surface area contributed by atoms with Gasteiger partial charge in [0.25, 0.3) is 5.95 Å². The van der Waals surface area contributed by atoms with Gasteiger partial charge in [0.15, 0.2) is 0 Å². The Balaban J connectivity index is 2.36. The van der Waals surface area contributed by atoms with Crippen LogP contribution in [0.5, 0.6) is 0 Å². The molecule has 0 atom stereocenters. The third kappa shape index (κ3) is 3.04. The molecule has 0 aliphatic carbocycles. The first-order valence-corrected chi connectivity index (χ1v) is 6.82. The van der Waals surface area contributed by atoms with Crippen molar-refractivity contribution >= 4 is 11.9 Å². The maximum absolute atomic E-state index is 4.43. The molecule has 0 fully saturated rings. The number of aromatic nitrogens is 5. The quantitative estimate of drug-likeness (QED) is 0.840. The molecule has 0 spiro atoms. The first-order valence-electron chi connectivity index (χ1n) is 6.82. The van der Waals surface area contributed by atoms with Crippen molar-refractivity contribution in [3.8, 4) is 5.95 Å². The third-order valence-electron chi connectivity index (χ3n) is 3.53. The van der Waals surface area contributed by atoms with E-state index in [9.17, 15) is 0 Å². The summed E-state index contributed by atoms with van der Waals surface area (Å²) in [5.41, 5.74) is -0.0340. The van der Waals surface area contributed by atoms with Crippen LogP contribution in [-0.2, 0) is 0 Å². The maximum atomic E-state index is 4.43. The van der Waals surface area contributed by atoms with Crippen molar-refractivity contribution in [1.82, 2.24) is 24.7 Å². The molecule has 7 heteroatoms. The highest BCUT2D eigenvalue weighted by Crippen LogP contribution is 2.20. The van der Waals surface area contributed by atoms with E-state index in [1.807, 2.05) is 6.07 Å². The standard InChI is InChI=1S/C13H21N7/c1-5-13(3,6-2)19-11-16-10(14-4)17-12(18-11)20-9-7-8-15-20/h7-9H,5-6H2,1-4H3,(H2,14,16,17,18,19). The van der Waals surface area contributed by atoms with Crippen LogP contribution in [0.1, 0.15) is 33.6 Å². The van der Waals surface area contributed by atoms with Crippen LogP contribution in [0.25, 0.3) is 5.95 Å². The predicted octanol–water partition coefficient (Wildman–Crippen LogP) is 2.09. The van der Waals surface area contributed by atoms with Gasteiger partial charge in [-0.2, -0.15) is 20.1 Å². The highest BCUT2D eigenvalue weighted by molar-refractivity contribution is 5.39. The minimum atomic E-state index is -0.0340. The van der Waals surface area contributed by atoms with Crippen LogP contribution in [0.4, 0.5) is 11.9 Å². The Labute approximate surface area is 118 Å². The number of hydrogen-bond donors (Lipinski definition) is 2. The molecule has 0 radical (unpaired) electrons. The Morgan fingerprint density at radius 2 is 1.85 bits per heavy atom. The van der Waals surface area contributed by atoms with Gasteiger partial charge in [-0.15, -0.1) is 0 Å². The second-order valence-electron chi connectivity index (χ2n) is 4.88. The van der Waals surface area contributed by atoms with Gasteiger partial charge in [0, 0.05) is 25.0 Å². The molecular weight excluding hydrogens is 254 g/mol. The molecular formula is C13H21N7. The smallest absolute Gasteiger partial charge is 0.257 e. The summed E-state index contributed by atoms with van der Waals surface area (Å²) in [5, 5.41) is 10.5. The predicted molar refractivity (Wildman–Crippen MR) is 79.1 cm³/mol. The molecule has 0 bridgehead atoms. The number of hydrogen-bond acceptors (Lipinski definition) is 6. The van der Waals surface area contributed by atoms with E-state index >= 15 is 0 Å². The Morgan fingerprint density at radius 1 is 1.15 bits per heavy atom. The molecule has 2 rings (SSSR count). The van der Waals surface area contributed by atoms with Crippen molar-refractivity contribution in [1.29, 1.82) is 0 Å². The van der Waals surface area contributed by atoms with Crippen molar-refractivity contribution in [3.05, 3.63) is 18.5 Å². The van der Waals surface area contributed by atoms with Crippen molar-refractivity contribution < 1.29 is 0 Å². The summed E-state index contributed by atoms with van der Waals surface area (Å²) in [6.07, 6.45) is 5.47. The average molecular weight is 275 g/mol. The second kappa shape index (κ2) is 5.85. The largest absolute Gasteiger partial charge is 0.357 e. The monoisotopic (exact) mass is 275 g/mol. The molecule has 2 aromatic heterocycles. The zero-order valence-electron chi connectivity index (χ0n) is 12.4. The third-order valence-corrected chi connectivity index (χ3v) is 3.53. The maximum Gasteiger partial charge on any atom is 0.257 e. The number of nitrogens with one attached hydrogen (secondary N) is 2. The summed E-state index contributed by atoms with van der Waals surface area (Å²) in [6, 6.07) is 1.83. The SMILES string of the molecule is CCC(C)(CC)Nc1nc(NC)nc(-n2cccn2)n1. The van der Waals surface area contributed by atoms with Crippen molar-refractivity contribution in [2.75, 3.05) is 17.7 Å². The molecule has 0 amide bonds. The lowest BCUT2D eigenvalue weighted by Crippen LogP contribution is -2.34. The molecule has 2 heterocycles. The van der Waals surface area contributed by atoms with E-state index in [1.165, 1.54) is 0 Å². The summed E-state index contributed by atoms with van der Waals surface area (Å²) in [4.78, 5) is 13.1. The lowest BCUT2D eigenvalue weighted by molar-refractivity contribution is 0.474. The Hall–Kier alpha value is -2.18. The van der Waals surface area contributed by atoms with Gasteiger partial charge in [0.1, 0.15) is 0 Å². The van der Waals surface area contributed by atoms with Gasteiger partial charge in [-0.05, 0) is 25.8 Å². The highest BCUT2D eigenvalue weighted by atomic mass is 15.4. The first kappa shape index (κ1) is 14.2. The Kier molecular flexibility index (Phi) is 4.16. The molecule has 7 nitrogen and oxygen atoms in total. The summed E-state index contributed by atoms with van der Waals surface area (Å²) in [6.45, 7) is 6.44. The number of anilines is 2. The van der Waals surface area contributed by atoms with E-state index in [1.54, 1.807) is 24.1 Å². The first-order chi connectivity index (χ1) is 9.60. The molecule has 0 aliphatic rings. The molecule has 0 saturated carbocycles.